The van der Waals surface area contributed by atoms with Crippen LogP contribution in [-0.4, -0.2) is 33.4 Å². The average molecular weight is 412 g/mol. The molecule has 0 spiro atoms. The highest BCUT2D eigenvalue weighted by atomic mass is 19.1. The SMILES string of the molecule is COc1ccc(CN(c2cc(=O)oc3ccc(OC)cc23)C2CCNCC2)c(F)c1. The number of nitrogens with zero attached hydrogens (tertiary/aromatic N) is 1. The van der Waals surface area contributed by atoms with Crippen LogP contribution in [0.5, 0.6) is 11.5 Å². The van der Waals surface area contributed by atoms with Crippen LogP contribution < -0.4 is 25.3 Å². The molecule has 1 aliphatic heterocycles. The standard InChI is InChI=1S/C23H25FN2O4/c1-28-17-5-6-22-19(11-17)21(13-23(27)30-22)26(16-7-9-25-10-8-16)14-15-3-4-18(29-2)12-20(15)24/h3-6,11-13,16,25H,7-10,14H2,1-2H3. The lowest BCUT2D eigenvalue weighted by atomic mass is 10.0. The molecule has 0 unspecified atom stereocenters. The minimum absolute atomic E-state index is 0.156. The third-order valence-electron chi connectivity index (χ3n) is 5.59. The van der Waals surface area contributed by atoms with E-state index in [0.717, 1.165) is 37.0 Å². The minimum atomic E-state index is -0.434. The number of benzene rings is 2. The summed E-state index contributed by atoms with van der Waals surface area (Å²) >= 11 is 0. The van der Waals surface area contributed by atoms with Gasteiger partial charge in [-0.1, -0.05) is 6.07 Å². The number of piperidine rings is 1. The molecule has 0 bridgehead atoms. The van der Waals surface area contributed by atoms with Gasteiger partial charge >= 0.3 is 5.63 Å². The van der Waals surface area contributed by atoms with Gasteiger partial charge in [0.2, 0.25) is 0 Å². The van der Waals surface area contributed by atoms with Gasteiger partial charge in [0.25, 0.3) is 0 Å². The lowest BCUT2D eigenvalue weighted by molar-refractivity contribution is 0.409. The molecule has 1 saturated heterocycles. The number of hydrogen-bond donors (Lipinski definition) is 1. The van der Waals surface area contributed by atoms with E-state index in [2.05, 4.69) is 10.2 Å². The summed E-state index contributed by atoms with van der Waals surface area (Å²) < 4.78 is 30.7. The number of methoxy groups -OCH3 is 2. The number of rotatable bonds is 6. The molecule has 7 heteroatoms. The van der Waals surface area contributed by atoms with Crippen LogP contribution >= 0.6 is 0 Å². The van der Waals surface area contributed by atoms with Crippen LogP contribution in [0.3, 0.4) is 0 Å². The van der Waals surface area contributed by atoms with Crippen LogP contribution in [0.4, 0.5) is 10.1 Å². The lowest BCUT2D eigenvalue weighted by Gasteiger charge is -2.37. The zero-order valence-corrected chi connectivity index (χ0v) is 17.1. The van der Waals surface area contributed by atoms with Crippen molar-refractivity contribution in [1.29, 1.82) is 0 Å². The predicted molar refractivity (Wildman–Crippen MR) is 114 cm³/mol. The molecule has 0 atom stereocenters. The van der Waals surface area contributed by atoms with Gasteiger partial charge in [-0.25, -0.2) is 9.18 Å². The Morgan fingerprint density at radius 2 is 1.77 bits per heavy atom. The molecule has 0 radical (unpaired) electrons. The first-order valence-corrected chi connectivity index (χ1v) is 10.0. The molecule has 0 amide bonds. The molecule has 6 nitrogen and oxygen atoms in total. The van der Waals surface area contributed by atoms with Crippen molar-refractivity contribution in [2.75, 3.05) is 32.2 Å². The Bertz CT molecular complexity index is 1090. The lowest BCUT2D eigenvalue weighted by Crippen LogP contribution is -2.43. The van der Waals surface area contributed by atoms with E-state index in [0.29, 0.717) is 29.2 Å². The number of hydrogen-bond acceptors (Lipinski definition) is 6. The third kappa shape index (κ3) is 4.11. The van der Waals surface area contributed by atoms with Crippen molar-refractivity contribution in [3.05, 3.63) is 64.3 Å². The van der Waals surface area contributed by atoms with Crippen molar-refractivity contribution in [3.63, 3.8) is 0 Å². The molecule has 2 aromatic carbocycles. The second-order valence-corrected chi connectivity index (χ2v) is 7.38. The first kappa shape index (κ1) is 20.2. The second-order valence-electron chi connectivity index (χ2n) is 7.38. The van der Waals surface area contributed by atoms with E-state index >= 15 is 0 Å². The highest BCUT2D eigenvalue weighted by Crippen LogP contribution is 2.33. The van der Waals surface area contributed by atoms with Crippen molar-refractivity contribution >= 4 is 16.7 Å². The molecule has 158 valence electrons. The monoisotopic (exact) mass is 412 g/mol. The maximum atomic E-state index is 14.8. The first-order valence-electron chi connectivity index (χ1n) is 10.0. The van der Waals surface area contributed by atoms with Gasteiger partial charge in [-0.15, -0.1) is 0 Å². The Labute approximate surface area is 174 Å². The van der Waals surface area contributed by atoms with Crippen molar-refractivity contribution < 1.29 is 18.3 Å². The van der Waals surface area contributed by atoms with E-state index in [4.69, 9.17) is 13.9 Å². The summed E-state index contributed by atoms with van der Waals surface area (Å²) in [6, 6.07) is 11.9. The summed E-state index contributed by atoms with van der Waals surface area (Å²) in [4.78, 5) is 14.4. The van der Waals surface area contributed by atoms with Crippen LogP contribution in [0.2, 0.25) is 0 Å². The molecule has 2 heterocycles. The molecule has 1 N–H and O–H groups in total. The fourth-order valence-corrected chi connectivity index (χ4v) is 3.99. The topological polar surface area (TPSA) is 63.9 Å². The molecule has 1 aromatic heterocycles. The number of nitrogens with one attached hydrogen (secondary N) is 1. The van der Waals surface area contributed by atoms with Gasteiger partial charge in [0.15, 0.2) is 0 Å². The molecule has 4 rings (SSSR count). The Hall–Kier alpha value is -3.06. The largest absolute Gasteiger partial charge is 0.497 e. The van der Waals surface area contributed by atoms with Gasteiger partial charge in [-0.3, -0.25) is 0 Å². The summed E-state index contributed by atoms with van der Waals surface area (Å²) in [6.45, 7) is 2.07. The molecule has 0 saturated carbocycles. The van der Waals surface area contributed by atoms with Crippen molar-refractivity contribution in [2.45, 2.75) is 25.4 Å². The fourth-order valence-electron chi connectivity index (χ4n) is 3.99. The summed E-state index contributed by atoms with van der Waals surface area (Å²) in [5.41, 5.74) is 1.31. The van der Waals surface area contributed by atoms with Crippen molar-refractivity contribution in [1.82, 2.24) is 5.32 Å². The zero-order chi connectivity index (χ0) is 21.1. The molecular weight excluding hydrogens is 387 g/mol. The molecule has 0 aliphatic carbocycles. The molecule has 30 heavy (non-hydrogen) atoms. The van der Waals surface area contributed by atoms with Crippen LogP contribution in [0.15, 0.2) is 51.7 Å². The Balaban J connectivity index is 1.83. The molecule has 3 aromatic rings. The molecule has 1 fully saturated rings. The molecule has 1 aliphatic rings. The van der Waals surface area contributed by atoms with E-state index < -0.39 is 5.63 Å². The van der Waals surface area contributed by atoms with Gasteiger partial charge in [0.1, 0.15) is 22.9 Å². The maximum absolute atomic E-state index is 14.8. The highest BCUT2D eigenvalue weighted by Gasteiger charge is 2.25. The second kappa shape index (κ2) is 8.75. The van der Waals surface area contributed by atoms with Gasteiger partial charge < -0.3 is 24.1 Å². The number of ether oxygens (including phenoxy) is 2. The first-order chi connectivity index (χ1) is 14.6. The van der Waals surface area contributed by atoms with Crippen molar-refractivity contribution in [3.8, 4) is 11.5 Å². The highest BCUT2D eigenvalue weighted by molar-refractivity contribution is 5.91. The summed E-state index contributed by atoms with van der Waals surface area (Å²) in [7, 11) is 3.11. The normalized spacial score (nSPS) is 14.6. The fraction of sp³-hybridized carbons (Fsp3) is 0.348. The van der Waals surface area contributed by atoms with E-state index in [1.165, 1.54) is 19.2 Å². The smallest absolute Gasteiger partial charge is 0.338 e. The number of fused-ring (bicyclic) bond motifs is 1. The summed E-state index contributed by atoms with van der Waals surface area (Å²) in [5, 5.41) is 4.13. The van der Waals surface area contributed by atoms with E-state index in [1.54, 1.807) is 31.4 Å². The average Bonchev–Trinajstić information content (AvgIpc) is 2.78. The van der Waals surface area contributed by atoms with Crippen LogP contribution in [0, 0.1) is 5.82 Å². The summed E-state index contributed by atoms with van der Waals surface area (Å²) in [5.74, 6) is 0.803. The van der Waals surface area contributed by atoms with Gasteiger partial charge in [-0.05, 0) is 50.2 Å². The van der Waals surface area contributed by atoms with E-state index in [1.807, 2.05) is 6.07 Å². The van der Waals surface area contributed by atoms with Crippen LogP contribution in [-0.2, 0) is 6.54 Å². The number of anilines is 1. The Morgan fingerprint density at radius 1 is 1.07 bits per heavy atom. The Kier molecular flexibility index (Phi) is 5.90. The van der Waals surface area contributed by atoms with Crippen LogP contribution in [0.1, 0.15) is 18.4 Å². The molecular formula is C23H25FN2O4. The van der Waals surface area contributed by atoms with E-state index in [-0.39, 0.29) is 11.9 Å². The van der Waals surface area contributed by atoms with Gasteiger partial charge in [0.05, 0.1) is 19.9 Å². The Morgan fingerprint density at radius 3 is 2.47 bits per heavy atom. The minimum Gasteiger partial charge on any atom is -0.497 e. The van der Waals surface area contributed by atoms with Crippen LogP contribution in [0.25, 0.3) is 11.0 Å². The predicted octanol–water partition coefficient (Wildman–Crippen LogP) is 3.71. The van der Waals surface area contributed by atoms with Gasteiger partial charge in [-0.2, -0.15) is 0 Å². The van der Waals surface area contributed by atoms with Gasteiger partial charge in [0, 0.05) is 35.7 Å². The number of halogens is 1. The van der Waals surface area contributed by atoms with Crippen molar-refractivity contribution in [2.24, 2.45) is 0 Å². The zero-order valence-electron chi connectivity index (χ0n) is 17.1. The quantitative estimate of drug-likeness (QED) is 0.623. The third-order valence-corrected chi connectivity index (χ3v) is 5.59. The summed E-state index contributed by atoms with van der Waals surface area (Å²) in [6.07, 6.45) is 1.78. The maximum Gasteiger partial charge on any atom is 0.338 e. The van der Waals surface area contributed by atoms with E-state index in [9.17, 15) is 9.18 Å².